The average molecular weight is 1490 g/mol. The number of benzene rings is 2. The number of esters is 2. The van der Waals surface area contributed by atoms with E-state index in [1.807, 2.05) is 72.9 Å². The first-order valence-electron chi connectivity index (χ1n) is 38.0. The highest BCUT2D eigenvalue weighted by atomic mass is 16.5. The summed E-state index contributed by atoms with van der Waals surface area (Å²) in [6.07, 6.45) is 63.0. The highest BCUT2D eigenvalue weighted by molar-refractivity contribution is 5.74. The van der Waals surface area contributed by atoms with Crippen LogP contribution in [0.15, 0.2) is 206 Å². The van der Waals surface area contributed by atoms with Gasteiger partial charge in [0.05, 0.1) is 152 Å². The van der Waals surface area contributed by atoms with E-state index < -0.39 is 12.1 Å². The summed E-state index contributed by atoms with van der Waals surface area (Å²) in [6.45, 7) is 20.8. The fraction of sp³-hybridized carbons (Fsp3) is 0.506. The van der Waals surface area contributed by atoms with Gasteiger partial charge in [0.25, 0.3) is 0 Å². The quantitative estimate of drug-likeness (QED) is 0.0175. The number of carbonyl (C=O) groups excluding carboxylic acids is 2. The van der Waals surface area contributed by atoms with Crippen LogP contribution in [0.3, 0.4) is 0 Å². The van der Waals surface area contributed by atoms with Gasteiger partial charge in [-0.1, -0.05) is 127 Å². The molecule has 27 heteroatoms. The first-order chi connectivity index (χ1) is 50.6. The van der Waals surface area contributed by atoms with Crippen molar-refractivity contribution >= 4 is 11.9 Å². The van der Waals surface area contributed by atoms with Gasteiger partial charge >= 0.3 is 11.9 Å². The van der Waals surface area contributed by atoms with Crippen LogP contribution < -0.4 is 131 Å². The van der Waals surface area contributed by atoms with Gasteiger partial charge in [-0.25, -0.2) is 9.59 Å². The second-order valence-electron chi connectivity index (χ2n) is 21.8. The molecule has 68 N–H and O–H groups in total. The van der Waals surface area contributed by atoms with Crippen molar-refractivity contribution in [2.75, 3.05) is 152 Å². The minimum absolute atomic E-state index is 0.344. The second-order valence-corrected chi connectivity index (χ2v) is 21.8. The molecule has 0 aliphatic carbocycles. The van der Waals surface area contributed by atoms with E-state index in [0.717, 1.165) is 195 Å². The van der Waals surface area contributed by atoms with Crippen molar-refractivity contribution in [1.29, 1.82) is 0 Å². The molecular formula is C77H180N23O4+23. The summed E-state index contributed by atoms with van der Waals surface area (Å²) in [5.41, 5.74) is 83.2. The van der Waals surface area contributed by atoms with Crippen molar-refractivity contribution in [2.24, 2.45) is 0 Å². The molecule has 0 spiro atoms. The zero-order valence-corrected chi connectivity index (χ0v) is 67.3. The van der Waals surface area contributed by atoms with E-state index in [1.54, 1.807) is 12.2 Å². The molecule has 2 rings (SSSR count). The number of aryl methyl sites for hydroxylation is 1. The molecule has 0 aliphatic rings. The van der Waals surface area contributed by atoms with Crippen LogP contribution in [-0.4, -0.2) is 176 Å². The summed E-state index contributed by atoms with van der Waals surface area (Å²) in [7, 11) is 2.65. The van der Waals surface area contributed by atoms with Crippen LogP contribution in [0.2, 0.25) is 0 Å². The lowest BCUT2D eigenvalue weighted by Crippen LogP contribution is -2.82. The lowest BCUT2D eigenvalue weighted by molar-refractivity contribution is -0.662. The third-order valence-electron chi connectivity index (χ3n) is 12.1. The van der Waals surface area contributed by atoms with Crippen molar-refractivity contribution in [3.8, 4) is 0 Å². The van der Waals surface area contributed by atoms with Crippen LogP contribution in [0.5, 0.6) is 0 Å². The van der Waals surface area contributed by atoms with Crippen molar-refractivity contribution in [1.82, 2.24) is 0 Å². The van der Waals surface area contributed by atoms with Gasteiger partial charge in [-0.3, -0.25) is 0 Å². The second kappa shape index (κ2) is 126. The standard InChI is InChI=1S/C19H23N.C10H18N2O4.4C6H14N2.6C4H10N2/c1(5-11-18-12-6-3-7-13-18)2-10-16-20-17-19-14-8-4-9-15-19;1-15-9(13)7(11)5-3-4-6-8(12)10(14)16-2;4*7-5-3-1-2-4-6-8;6*5-3-1-2-4-6/h2-4,6-10,12-15,20H,1,5,11,16-17H2;3-4,7-8H,5-6,11-12H2,1-2H3;4*1-2H,3-8H2;6*1-2H,3-6H2/p+23. The molecule has 0 heterocycles. The summed E-state index contributed by atoms with van der Waals surface area (Å²) in [5, 5.41) is 2.34. The molecule has 2 unspecified atom stereocenters. The van der Waals surface area contributed by atoms with Crippen LogP contribution >= 0.6 is 0 Å². The van der Waals surface area contributed by atoms with E-state index in [2.05, 4.69) is 262 Å². The molecule has 27 nitrogen and oxygen atoms in total. The predicted octanol–water partition coefficient (Wildman–Crippen LogP) is -15.4. The summed E-state index contributed by atoms with van der Waals surface area (Å²) in [4.78, 5) is 22.0. The van der Waals surface area contributed by atoms with E-state index in [0.29, 0.717) is 12.8 Å². The van der Waals surface area contributed by atoms with Crippen molar-refractivity contribution < 1.29 is 151 Å². The first-order valence-corrected chi connectivity index (χ1v) is 38.0. The molecule has 0 amide bonds. The van der Waals surface area contributed by atoms with Gasteiger partial charge in [0.1, 0.15) is 6.54 Å². The SMILES string of the molecule is C(=CC[NH2+]Cc1ccccc1)CCCc1ccccc1.COC(=O)C([NH3+])CC=CCC([NH3+])C(=O)OC.[NH3+]CC=CC[NH3+].[NH3+]CC=CC[NH3+].[NH3+]CC=CC[NH3+].[NH3+]CC=CC[NH3+].[NH3+]CC=CC[NH3+].[NH3+]CC=CC[NH3+].[NH3+]CCC=CCC[NH3+].[NH3+]CCC=CCC[NH3+].[NH3+]CCC=CCC[NH3+].[NH3+]CCC=CCC[NH3+]. The fourth-order valence-electron chi connectivity index (χ4n) is 6.59. The highest BCUT2D eigenvalue weighted by Gasteiger charge is 2.17. The van der Waals surface area contributed by atoms with Crippen LogP contribution in [0.1, 0.15) is 88.2 Å². The normalized spacial score (nSPS) is 11.2. The van der Waals surface area contributed by atoms with Crippen LogP contribution in [0.25, 0.3) is 0 Å². The molecule has 0 saturated carbocycles. The molecule has 0 aromatic heterocycles. The molecule has 0 fully saturated rings. The average Bonchev–Trinajstić information content (AvgIpc) is 1.90. The van der Waals surface area contributed by atoms with Crippen LogP contribution in [-0.2, 0) is 32.0 Å². The van der Waals surface area contributed by atoms with Gasteiger partial charge in [-0.15, -0.1) is 0 Å². The summed E-state index contributed by atoms with van der Waals surface area (Å²) < 4.78 is 9.05. The Labute approximate surface area is 631 Å². The summed E-state index contributed by atoms with van der Waals surface area (Å²) in [5.74, 6) is -0.687. The van der Waals surface area contributed by atoms with Gasteiger partial charge < -0.3 is 141 Å². The number of unbranched alkanes of at least 4 members (excludes halogenated alkanes) is 1. The highest BCUT2D eigenvalue weighted by Crippen LogP contribution is 2.05. The zero-order valence-electron chi connectivity index (χ0n) is 67.3. The Bertz CT molecular complexity index is 1900. The molecule has 2 aromatic rings. The monoisotopic (exact) mass is 1490 g/mol. The van der Waals surface area contributed by atoms with Crippen molar-refractivity contribution in [3.63, 3.8) is 0 Å². The van der Waals surface area contributed by atoms with E-state index in [1.165, 1.54) is 44.6 Å². The number of hydrogen-bond acceptors (Lipinski definition) is 4. The molecule has 2 aromatic carbocycles. The minimum atomic E-state index is -0.414. The number of ether oxygens (including phenoxy) is 2. The lowest BCUT2D eigenvalue weighted by atomic mass is 10.1. The largest absolute Gasteiger partial charge is 0.465 e. The number of rotatable bonds is 42. The number of hydrogen-bond donors (Lipinski definition) is 23. The Morgan fingerprint density at radius 3 is 0.712 bits per heavy atom. The maximum atomic E-state index is 11.0. The van der Waals surface area contributed by atoms with Crippen LogP contribution in [0, 0.1) is 0 Å². The molecule has 0 aliphatic heterocycles. The molecule has 0 saturated heterocycles. The fourth-order valence-corrected chi connectivity index (χ4v) is 6.59. The van der Waals surface area contributed by atoms with Gasteiger partial charge in [0.2, 0.25) is 0 Å². The van der Waals surface area contributed by atoms with Gasteiger partial charge in [0.15, 0.2) is 12.1 Å². The minimum Gasteiger partial charge on any atom is -0.465 e. The Morgan fingerprint density at radius 1 is 0.298 bits per heavy atom. The maximum absolute atomic E-state index is 11.0. The molecule has 0 bridgehead atoms. The summed E-state index contributed by atoms with van der Waals surface area (Å²) in [6, 6.07) is 20.5. The molecule has 604 valence electrons. The smallest absolute Gasteiger partial charge is 0.364 e. The maximum Gasteiger partial charge on any atom is 0.364 e. The topological polar surface area (TPSA) is 677 Å². The number of methoxy groups -OCH3 is 2. The van der Waals surface area contributed by atoms with Gasteiger partial charge in [-0.05, 0) is 104 Å². The number of allylic oxidation sites excluding steroid dienone is 1. The first kappa shape index (κ1) is 118. The molecular weight excluding hydrogens is 1310 g/mol. The predicted molar refractivity (Wildman–Crippen MR) is 425 cm³/mol. The molecule has 104 heavy (non-hydrogen) atoms. The Balaban J connectivity index is -0.000000120. The Kier molecular flexibility index (Phi) is 144. The summed E-state index contributed by atoms with van der Waals surface area (Å²) >= 11 is 0. The Hall–Kier alpha value is -6.66. The zero-order chi connectivity index (χ0) is 80.4. The molecule has 2 atom stereocenters. The van der Waals surface area contributed by atoms with E-state index >= 15 is 0 Å². The van der Waals surface area contributed by atoms with E-state index in [-0.39, 0.29) is 11.9 Å². The number of carbonyl (C=O) groups is 2. The third kappa shape index (κ3) is 142. The Morgan fingerprint density at radius 2 is 0.510 bits per heavy atom. The number of quaternary nitrogens is 23. The third-order valence-corrected chi connectivity index (χ3v) is 12.1. The lowest BCUT2D eigenvalue weighted by Gasteiger charge is -2.03. The van der Waals surface area contributed by atoms with Crippen molar-refractivity contribution in [3.05, 3.63) is 218 Å². The van der Waals surface area contributed by atoms with E-state index in [4.69, 9.17) is 0 Å². The number of nitrogens with two attached hydrogens (primary N) is 1. The van der Waals surface area contributed by atoms with Crippen LogP contribution in [0.4, 0.5) is 0 Å². The molecule has 0 radical (unpaired) electrons. The van der Waals surface area contributed by atoms with Gasteiger partial charge in [0, 0.05) is 69.8 Å². The van der Waals surface area contributed by atoms with Gasteiger partial charge in [-0.2, -0.15) is 0 Å². The van der Waals surface area contributed by atoms with E-state index in [9.17, 15) is 9.59 Å². The van der Waals surface area contributed by atoms with Crippen molar-refractivity contribution in [2.45, 2.75) is 102 Å².